The van der Waals surface area contributed by atoms with Crippen molar-refractivity contribution in [3.8, 4) is 17.2 Å². The average Bonchev–Trinajstić information content (AvgIpc) is 2.96. The van der Waals surface area contributed by atoms with Crippen LogP contribution in [0.4, 0.5) is 0 Å². The molecule has 2 aromatic rings. The second-order valence-electron chi connectivity index (χ2n) is 6.49. The molecule has 24 heavy (non-hydrogen) atoms. The first-order chi connectivity index (χ1) is 11.6. The van der Waals surface area contributed by atoms with Crippen molar-refractivity contribution in [2.24, 2.45) is 0 Å². The first kappa shape index (κ1) is 16.3. The number of carbonyl (C=O) groups is 1. The van der Waals surface area contributed by atoms with Crippen LogP contribution in [0.2, 0.25) is 0 Å². The summed E-state index contributed by atoms with van der Waals surface area (Å²) in [7, 11) is 0. The van der Waals surface area contributed by atoms with E-state index in [0.717, 1.165) is 48.9 Å². The van der Waals surface area contributed by atoms with Gasteiger partial charge < -0.3 is 5.32 Å². The predicted octanol–water partition coefficient (Wildman–Crippen LogP) is 3.20. The molecule has 5 nitrogen and oxygen atoms in total. The number of benzene rings is 1. The summed E-state index contributed by atoms with van der Waals surface area (Å²) < 4.78 is 1.65. The van der Waals surface area contributed by atoms with Crippen LogP contribution in [-0.4, -0.2) is 21.2 Å². The molecule has 1 amide bonds. The van der Waals surface area contributed by atoms with Crippen molar-refractivity contribution in [3.05, 3.63) is 42.2 Å². The van der Waals surface area contributed by atoms with Gasteiger partial charge in [-0.05, 0) is 25.3 Å². The van der Waals surface area contributed by atoms with Crippen LogP contribution in [0.3, 0.4) is 0 Å². The van der Waals surface area contributed by atoms with Crippen LogP contribution >= 0.6 is 0 Å². The van der Waals surface area contributed by atoms with Crippen molar-refractivity contribution in [2.75, 3.05) is 0 Å². The summed E-state index contributed by atoms with van der Waals surface area (Å²) in [5.41, 5.74) is 2.31. The Morgan fingerprint density at radius 2 is 2.00 bits per heavy atom. The third-order valence-corrected chi connectivity index (χ3v) is 4.64. The molecule has 5 heteroatoms. The van der Waals surface area contributed by atoms with E-state index >= 15 is 0 Å². The summed E-state index contributed by atoms with van der Waals surface area (Å²) in [5, 5.41) is 16.8. The number of amides is 1. The quantitative estimate of drug-likeness (QED) is 0.939. The Hall–Kier alpha value is -2.61. The maximum atomic E-state index is 12.4. The minimum atomic E-state index is -0.695. The highest BCUT2D eigenvalue weighted by Gasteiger charge is 2.33. The summed E-state index contributed by atoms with van der Waals surface area (Å²) >= 11 is 0. The molecular formula is C19H22N4O. The number of carbonyl (C=O) groups excluding carboxylic acids is 1. The van der Waals surface area contributed by atoms with Gasteiger partial charge in [0, 0.05) is 11.8 Å². The van der Waals surface area contributed by atoms with Gasteiger partial charge in [-0.2, -0.15) is 10.4 Å². The Morgan fingerprint density at radius 3 is 2.67 bits per heavy atom. The van der Waals surface area contributed by atoms with Gasteiger partial charge in [0.2, 0.25) is 5.91 Å². The molecule has 1 N–H and O–H groups in total. The number of nitriles is 1. The first-order valence-electron chi connectivity index (χ1n) is 8.44. The number of hydrogen-bond acceptors (Lipinski definition) is 3. The standard InChI is InChI=1S/C19H22N4O/c1-15-17(16-8-4-2-5-9-16)12-23(22-15)13-18(24)21-19(14-20)10-6-3-7-11-19/h2,4-5,8-9,12H,3,6-7,10-11,13H2,1H3,(H,21,24). The zero-order valence-corrected chi connectivity index (χ0v) is 14.0. The molecule has 0 unspecified atom stereocenters. The lowest BCUT2D eigenvalue weighted by Gasteiger charge is -2.31. The molecule has 1 aromatic carbocycles. The number of rotatable bonds is 4. The number of hydrogen-bond donors (Lipinski definition) is 1. The van der Waals surface area contributed by atoms with E-state index in [9.17, 15) is 10.1 Å². The van der Waals surface area contributed by atoms with Gasteiger partial charge in [0.1, 0.15) is 12.1 Å². The molecular weight excluding hydrogens is 300 g/mol. The molecule has 1 heterocycles. The van der Waals surface area contributed by atoms with Crippen LogP contribution in [0, 0.1) is 18.3 Å². The molecule has 0 spiro atoms. The van der Waals surface area contributed by atoms with Crippen molar-refractivity contribution in [1.29, 1.82) is 5.26 Å². The molecule has 1 aromatic heterocycles. The van der Waals surface area contributed by atoms with Gasteiger partial charge in [-0.15, -0.1) is 0 Å². The Labute approximate surface area is 142 Å². The molecule has 3 rings (SSSR count). The SMILES string of the molecule is Cc1nn(CC(=O)NC2(C#N)CCCCC2)cc1-c1ccccc1. The predicted molar refractivity (Wildman–Crippen MR) is 92.0 cm³/mol. The fourth-order valence-corrected chi connectivity index (χ4v) is 3.37. The van der Waals surface area contributed by atoms with Gasteiger partial charge in [-0.3, -0.25) is 9.48 Å². The normalized spacial score (nSPS) is 16.3. The smallest absolute Gasteiger partial charge is 0.242 e. The van der Waals surface area contributed by atoms with Crippen LogP contribution in [0.15, 0.2) is 36.5 Å². The Morgan fingerprint density at radius 1 is 1.29 bits per heavy atom. The molecule has 124 valence electrons. The molecule has 0 saturated heterocycles. The molecule has 1 fully saturated rings. The molecule has 1 aliphatic rings. The third kappa shape index (κ3) is 3.48. The molecule has 0 bridgehead atoms. The lowest BCUT2D eigenvalue weighted by molar-refractivity contribution is -0.123. The van der Waals surface area contributed by atoms with Crippen LogP contribution in [0.25, 0.3) is 11.1 Å². The van der Waals surface area contributed by atoms with E-state index in [1.807, 2.05) is 43.5 Å². The summed E-state index contributed by atoms with van der Waals surface area (Å²) in [6.07, 6.45) is 6.49. The van der Waals surface area contributed by atoms with Gasteiger partial charge in [0.25, 0.3) is 0 Å². The van der Waals surface area contributed by atoms with Crippen LogP contribution < -0.4 is 5.32 Å². The van der Waals surface area contributed by atoms with Gasteiger partial charge >= 0.3 is 0 Å². The number of nitrogens with one attached hydrogen (secondary N) is 1. The third-order valence-electron chi connectivity index (χ3n) is 4.64. The highest BCUT2D eigenvalue weighted by molar-refractivity contribution is 5.77. The summed E-state index contributed by atoms with van der Waals surface area (Å²) in [5.74, 6) is -0.152. The van der Waals surface area contributed by atoms with Crippen LogP contribution in [-0.2, 0) is 11.3 Å². The van der Waals surface area contributed by atoms with Gasteiger partial charge in [-0.1, -0.05) is 49.6 Å². The molecule has 0 atom stereocenters. The largest absolute Gasteiger partial charge is 0.336 e. The van der Waals surface area contributed by atoms with E-state index in [0.29, 0.717) is 0 Å². The van der Waals surface area contributed by atoms with Crippen molar-refractivity contribution in [2.45, 2.75) is 51.1 Å². The maximum Gasteiger partial charge on any atom is 0.242 e. The second-order valence-corrected chi connectivity index (χ2v) is 6.49. The molecule has 0 radical (unpaired) electrons. The Bertz CT molecular complexity index is 751. The van der Waals surface area contributed by atoms with Crippen molar-refractivity contribution >= 4 is 5.91 Å². The fourth-order valence-electron chi connectivity index (χ4n) is 3.37. The van der Waals surface area contributed by atoms with E-state index in [2.05, 4.69) is 16.5 Å². The topological polar surface area (TPSA) is 70.7 Å². The van der Waals surface area contributed by atoms with Crippen molar-refractivity contribution in [1.82, 2.24) is 15.1 Å². The van der Waals surface area contributed by atoms with E-state index in [-0.39, 0.29) is 12.5 Å². The minimum Gasteiger partial charge on any atom is -0.336 e. The Kier molecular flexibility index (Phi) is 4.66. The van der Waals surface area contributed by atoms with E-state index in [1.165, 1.54) is 0 Å². The summed E-state index contributed by atoms with van der Waals surface area (Å²) in [4.78, 5) is 12.4. The average molecular weight is 322 g/mol. The lowest BCUT2D eigenvalue weighted by atomic mass is 9.83. The maximum absolute atomic E-state index is 12.4. The van der Waals surface area contributed by atoms with Gasteiger partial charge in [0.15, 0.2) is 0 Å². The van der Waals surface area contributed by atoms with Gasteiger partial charge in [-0.25, -0.2) is 0 Å². The van der Waals surface area contributed by atoms with E-state index in [4.69, 9.17) is 0 Å². The summed E-state index contributed by atoms with van der Waals surface area (Å²) in [6.45, 7) is 2.08. The second kappa shape index (κ2) is 6.88. The lowest BCUT2D eigenvalue weighted by Crippen LogP contribution is -2.49. The van der Waals surface area contributed by atoms with E-state index in [1.54, 1.807) is 4.68 Å². The molecule has 1 saturated carbocycles. The van der Waals surface area contributed by atoms with Gasteiger partial charge in [0.05, 0.1) is 11.8 Å². The highest BCUT2D eigenvalue weighted by Crippen LogP contribution is 2.27. The van der Waals surface area contributed by atoms with Crippen LogP contribution in [0.1, 0.15) is 37.8 Å². The highest BCUT2D eigenvalue weighted by atomic mass is 16.2. The zero-order chi connectivity index (χ0) is 17.0. The zero-order valence-electron chi connectivity index (χ0n) is 14.0. The minimum absolute atomic E-state index is 0.136. The first-order valence-corrected chi connectivity index (χ1v) is 8.44. The van der Waals surface area contributed by atoms with E-state index < -0.39 is 5.54 Å². The van der Waals surface area contributed by atoms with Crippen LogP contribution in [0.5, 0.6) is 0 Å². The number of nitrogens with zero attached hydrogens (tertiary/aromatic N) is 3. The number of aromatic nitrogens is 2. The fraction of sp³-hybridized carbons (Fsp3) is 0.421. The van der Waals surface area contributed by atoms with Crippen molar-refractivity contribution in [3.63, 3.8) is 0 Å². The Balaban J connectivity index is 1.70. The summed E-state index contributed by atoms with van der Waals surface area (Å²) in [6, 6.07) is 12.3. The van der Waals surface area contributed by atoms with Crippen molar-refractivity contribution < 1.29 is 4.79 Å². The monoisotopic (exact) mass is 322 g/mol. The molecule has 0 aliphatic heterocycles. The number of aryl methyl sites for hydroxylation is 1. The molecule has 1 aliphatic carbocycles.